The second-order valence-corrected chi connectivity index (χ2v) is 8.24. The van der Waals surface area contributed by atoms with Gasteiger partial charge in [-0.05, 0) is 54.8 Å². The first-order valence-corrected chi connectivity index (χ1v) is 11.2. The standard InChI is InChI=1S/C23H27Cl2N3O2/c24-12-1-2-22(29)26-21-9-5-19(6-10-21)23(30)28-16-14-27(15-17-28)13-11-18-3-7-20(25)8-4-18/h3-10H,1-2,11-17H2,(H,26,29). The molecule has 2 aromatic carbocycles. The zero-order valence-electron chi connectivity index (χ0n) is 16.9. The molecule has 0 radical (unpaired) electrons. The first-order valence-electron chi connectivity index (χ1n) is 10.3. The molecule has 1 aliphatic heterocycles. The van der Waals surface area contributed by atoms with Gasteiger partial charge in [0.15, 0.2) is 0 Å². The molecule has 160 valence electrons. The van der Waals surface area contributed by atoms with E-state index in [9.17, 15) is 9.59 Å². The average Bonchev–Trinajstić information content (AvgIpc) is 2.78. The van der Waals surface area contributed by atoms with Crippen molar-refractivity contribution in [3.63, 3.8) is 0 Å². The number of halogens is 2. The quantitative estimate of drug-likeness (QED) is 0.613. The van der Waals surface area contributed by atoms with Crippen molar-refractivity contribution in [2.75, 3.05) is 43.9 Å². The molecule has 0 saturated carbocycles. The minimum atomic E-state index is -0.0653. The molecule has 30 heavy (non-hydrogen) atoms. The minimum Gasteiger partial charge on any atom is -0.336 e. The van der Waals surface area contributed by atoms with E-state index in [2.05, 4.69) is 22.3 Å². The van der Waals surface area contributed by atoms with Gasteiger partial charge < -0.3 is 10.2 Å². The first-order chi connectivity index (χ1) is 14.5. The molecule has 2 amide bonds. The zero-order valence-corrected chi connectivity index (χ0v) is 18.5. The molecule has 1 saturated heterocycles. The molecule has 1 heterocycles. The molecule has 0 aromatic heterocycles. The van der Waals surface area contributed by atoms with Gasteiger partial charge >= 0.3 is 0 Å². The number of rotatable bonds is 8. The average molecular weight is 448 g/mol. The lowest BCUT2D eigenvalue weighted by atomic mass is 10.1. The van der Waals surface area contributed by atoms with Crippen molar-refractivity contribution in [3.8, 4) is 0 Å². The minimum absolute atomic E-state index is 0.0346. The molecule has 1 aliphatic rings. The summed E-state index contributed by atoms with van der Waals surface area (Å²) in [6, 6.07) is 15.0. The number of alkyl halides is 1. The summed E-state index contributed by atoms with van der Waals surface area (Å²) < 4.78 is 0. The second kappa shape index (κ2) is 11.3. The van der Waals surface area contributed by atoms with Gasteiger partial charge in [-0.1, -0.05) is 23.7 Å². The molecule has 0 spiro atoms. The van der Waals surface area contributed by atoms with E-state index >= 15 is 0 Å². The summed E-state index contributed by atoms with van der Waals surface area (Å²) in [4.78, 5) is 28.8. The van der Waals surface area contributed by atoms with Crippen LogP contribution in [0.3, 0.4) is 0 Å². The lowest BCUT2D eigenvalue weighted by Crippen LogP contribution is -2.49. The fourth-order valence-corrected chi connectivity index (χ4v) is 3.70. The van der Waals surface area contributed by atoms with Gasteiger partial charge in [-0.25, -0.2) is 0 Å². The molecular formula is C23H27Cl2N3O2. The summed E-state index contributed by atoms with van der Waals surface area (Å²) in [7, 11) is 0. The molecule has 7 heteroatoms. The Morgan fingerprint density at radius 2 is 1.60 bits per heavy atom. The number of nitrogens with one attached hydrogen (secondary N) is 1. The number of anilines is 1. The highest BCUT2D eigenvalue weighted by Gasteiger charge is 2.22. The number of hydrogen-bond acceptors (Lipinski definition) is 3. The summed E-state index contributed by atoms with van der Waals surface area (Å²) in [5.74, 6) is 0.437. The Balaban J connectivity index is 1.44. The van der Waals surface area contributed by atoms with Crippen LogP contribution in [-0.2, 0) is 11.2 Å². The van der Waals surface area contributed by atoms with Crippen LogP contribution >= 0.6 is 23.2 Å². The topological polar surface area (TPSA) is 52.7 Å². The summed E-state index contributed by atoms with van der Waals surface area (Å²) in [6.45, 7) is 4.15. The van der Waals surface area contributed by atoms with Gasteiger partial charge in [0.25, 0.3) is 5.91 Å². The predicted molar refractivity (Wildman–Crippen MR) is 123 cm³/mol. The third kappa shape index (κ3) is 6.73. The van der Waals surface area contributed by atoms with E-state index in [1.807, 2.05) is 17.0 Å². The number of carbonyl (C=O) groups excluding carboxylic acids is 2. The van der Waals surface area contributed by atoms with Crippen LogP contribution in [0.25, 0.3) is 0 Å². The molecule has 2 aromatic rings. The van der Waals surface area contributed by atoms with E-state index in [-0.39, 0.29) is 11.8 Å². The van der Waals surface area contributed by atoms with Gasteiger partial charge in [-0.3, -0.25) is 14.5 Å². The Bertz CT molecular complexity index is 833. The molecule has 1 N–H and O–H groups in total. The van der Waals surface area contributed by atoms with Crippen molar-refractivity contribution in [2.45, 2.75) is 19.3 Å². The summed E-state index contributed by atoms with van der Waals surface area (Å²) in [6.07, 6.45) is 2.02. The van der Waals surface area contributed by atoms with Crippen LogP contribution in [0.1, 0.15) is 28.8 Å². The van der Waals surface area contributed by atoms with Crippen molar-refractivity contribution >= 4 is 40.7 Å². The molecular weight excluding hydrogens is 421 g/mol. The van der Waals surface area contributed by atoms with Crippen molar-refractivity contribution < 1.29 is 9.59 Å². The van der Waals surface area contributed by atoms with Crippen molar-refractivity contribution in [1.29, 1.82) is 0 Å². The lowest BCUT2D eigenvalue weighted by molar-refractivity contribution is -0.116. The number of amides is 2. The van der Waals surface area contributed by atoms with Gasteiger partial charge in [0.05, 0.1) is 0 Å². The third-order valence-electron chi connectivity index (χ3n) is 5.24. The smallest absolute Gasteiger partial charge is 0.253 e. The van der Waals surface area contributed by atoms with E-state index in [0.717, 1.165) is 44.2 Å². The molecule has 0 unspecified atom stereocenters. The maximum atomic E-state index is 12.8. The molecule has 0 aliphatic carbocycles. The Morgan fingerprint density at radius 1 is 0.933 bits per heavy atom. The Hall–Kier alpha value is -2.08. The van der Waals surface area contributed by atoms with Gasteiger partial charge in [-0.15, -0.1) is 11.6 Å². The predicted octanol–water partition coefficient (Wildman–Crippen LogP) is 4.30. The fourth-order valence-electron chi connectivity index (χ4n) is 3.44. The largest absolute Gasteiger partial charge is 0.336 e. The van der Waals surface area contributed by atoms with Crippen LogP contribution in [0.5, 0.6) is 0 Å². The number of nitrogens with zero attached hydrogens (tertiary/aromatic N) is 2. The number of hydrogen-bond donors (Lipinski definition) is 1. The van der Waals surface area contributed by atoms with Crippen molar-refractivity contribution in [1.82, 2.24) is 9.80 Å². The van der Waals surface area contributed by atoms with Crippen LogP contribution < -0.4 is 5.32 Å². The Labute approximate surface area is 187 Å². The molecule has 3 rings (SSSR count). The molecule has 0 bridgehead atoms. The summed E-state index contributed by atoms with van der Waals surface area (Å²) in [5.41, 5.74) is 2.61. The van der Waals surface area contributed by atoms with E-state index in [0.29, 0.717) is 30.0 Å². The van der Waals surface area contributed by atoms with Gasteiger partial charge in [0, 0.05) is 61.3 Å². The molecule has 5 nitrogen and oxygen atoms in total. The summed E-state index contributed by atoms with van der Waals surface area (Å²) >= 11 is 11.5. The van der Waals surface area contributed by atoms with E-state index < -0.39 is 0 Å². The maximum Gasteiger partial charge on any atom is 0.253 e. The SMILES string of the molecule is O=C(CCCCl)Nc1ccc(C(=O)N2CCN(CCc3ccc(Cl)cc3)CC2)cc1. The van der Waals surface area contributed by atoms with Crippen LogP contribution in [0.15, 0.2) is 48.5 Å². The number of piperazine rings is 1. The van der Waals surface area contributed by atoms with E-state index in [4.69, 9.17) is 23.2 Å². The van der Waals surface area contributed by atoms with Crippen molar-refractivity contribution in [2.24, 2.45) is 0 Å². The highest BCUT2D eigenvalue weighted by molar-refractivity contribution is 6.30. The Kier molecular flexibility index (Phi) is 8.55. The van der Waals surface area contributed by atoms with Crippen LogP contribution in [-0.4, -0.2) is 60.2 Å². The van der Waals surface area contributed by atoms with Crippen LogP contribution in [0.2, 0.25) is 5.02 Å². The van der Waals surface area contributed by atoms with Gasteiger partial charge in [-0.2, -0.15) is 0 Å². The zero-order chi connectivity index (χ0) is 21.3. The normalized spacial score (nSPS) is 14.5. The summed E-state index contributed by atoms with van der Waals surface area (Å²) in [5, 5.41) is 3.58. The first kappa shape index (κ1) is 22.6. The highest BCUT2D eigenvalue weighted by Crippen LogP contribution is 2.15. The highest BCUT2D eigenvalue weighted by atomic mass is 35.5. The monoisotopic (exact) mass is 447 g/mol. The van der Waals surface area contributed by atoms with Gasteiger partial charge in [0.2, 0.25) is 5.91 Å². The third-order valence-corrected chi connectivity index (χ3v) is 5.76. The Morgan fingerprint density at radius 3 is 2.23 bits per heavy atom. The van der Waals surface area contributed by atoms with Crippen LogP contribution in [0, 0.1) is 0 Å². The lowest BCUT2D eigenvalue weighted by Gasteiger charge is -2.34. The molecule has 1 fully saturated rings. The second-order valence-electron chi connectivity index (χ2n) is 7.43. The molecule has 0 atom stereocenters. The number of carbonyl (C=O) groups is 2. The van der Waals surface area contributed by atoms with Crippen molar-refractivity contribution in [3.05, 3.63) is 64.7 Å². The maximum absolute atomic E-state index is 12.8. The van der Waals surface area contributed by atoms with Gasteiger partial charge in [0.1, 0.15) is 0 Å². The van der Waals surface area contributed by atoms with E-state index in [1.54, 1.807) is 24.3 Å². The fraction of sp³-hybridized carbons (Fsp3) is 0.391. The van der Waals surface area contributed by atoms with E-state index in [1.165, 1.54) is 5.56 Å². The number of benzene rings is 2. The van der Waals surface area contributed by atoms with Crippen LogP contribution in [0.4, 0.5) is 5.69 Å².